The van der Waals surface area contributed by atoms with Crippen molar-refractivity contribution in [3.05, 3.63) is 38.9 Å². The molecule has 1 aromatic carbocycles. The van der Waals surface area contributed by atoms with E-state index in [0.29, 0.717) is 0 Å². The molecular formula is C9H6ClNO3. The Balaban J connectivity index is 3.29. The molecule has 0 aromatic heterocycles. The SMILES string of the molecule is O=[N+]([O-])c1cccc(Cl)c1C#CCO. The largest absolute Gasteiger partial charge is 0.384 e. The number of halogens is 1. The van der Waals surface area contributed by atoms with Crippen LogP contribution in [-0.4, -0.2) is 16.6 Å². The first-order chi connectivity index (χ1) is 6.66. The van der Waals surface area contributed by atoms with E-state index in [9.17, 15) is 10.1 Å². The Hall–Kier alpha value is -1.57. The highest BCUT2D eigenvalue weighted by atomic mass is 35.5. The summed E-state index contributed by atoms with van der Waals surface area (Å²) in [6.07, 6.45) is 0. The Kier molecular flexibility index (Phi) is 3.46. The third kappa shape index (κ3) is 2.22. The van der Waals surface area contributed by atoms with Crippen LogP contribution in [0.4, 0.5) is 5.69 Å². The minimum atomic E-state index is -0.562. The standard InChI is InChI=1S/C9H6ClNO3/c10-8-4-1-5-9(11(13)14)7(8)3-2-6-12/h1,4-5,12H,6H2. The number of nitro benzene ring substituents is 1. The summed E-state index contributed by atoms with van der Waals surface area (Å²) in [7, 11) is 0. The summed E-state index contributed by atoms with van der Waals surface area (Å²) in [5.74, 6) is 4.76. The van der Waals surface area contributed by atoms with Crippen molar-refractivity contribution >= 4 is 17.3 Å². The van der Waals surface area contributed by atoms with Gasteiger partial charge in [-0.3, -0.25) is 10.1 Å². The van der Waals surface area contributed by atoms with Crippen molar-refractivity contribution in [1.82, 2.24) is 0 Å². The lowest BCUT2D eigenvalue weighted by Gasteiger charge is -1.96. The Bertz CT molecular complexity index is 420. The molecule has 0 radical (unpaired) electrons. The van der Waals surface area contributed by atoms with Gasteiger partial charge in [-0.1, -0.05) is 29.5 Å². The van der Waals surface area contributed by atoms with E-state index < -0.39 is 4.92 Å². The molecule has 5 heteroatoms. The maximum Gasteiger partial charge on any atom is 0.286 e. The smallest absolute Gasteiger partial charge is 0.286 e. The van der Waals surface area contributed by atoms with Gasteiger partial charge in [0.2, 0.25) is 0 Å². The predicted octanol–water partition coefficient (Wildman–Crippen LogP) is 1.59. The minimum Gasteiger partial charge on any atom is -0.384 e. The normalized spacial score (nSPS) is 9.00. The van der Waals surface area contributed by atoms with Crippen LogP contribution in [0.1, 0.15) is 5.56 Å². The third-order valence-corrected chi connectivity index (χ3v) is 1.80. The molecule has 0 atom stereocenters. The third-order valence-electron chi connectivity index (χ3n) is 1.48. The zero-order chi connectivity index (χ0) is 10.6. The zero-order valence-electron chi connectivity index (χ0n) is 7.03. The number of rotatable bonds is 1. The summed E-state index contributed by atoms with van der Waals surface area (Å²) in [5, 5.41) is 19.2. The summed E-state index contributed by atoms with van der Waals surface area (Å²) in [4.78, 5) is 9.99. The lowest BCUT2D eigenvalue weighted by Crippen LogP contribution is -1.92. The molecule has 0 amide bonds. The molecule has 0 aliphatic rings. The Morgan fingerprint density at radius 3 is 2.86 bits per heavy atom. The van der Waals surface area contributed by atoms with Gasteiger partial charge in [-0.25, -0.2) is 0 Å². The first-order valence-corrected chi connectivity index (χ1v) is 4.07. The van der Waals surface area contributed by atoms with Gasteiger partial charge < -0.3 is 5.11 Å². The monoisotopic (exact) mass is 211 g/mol. The van der Waals surface area contributed by atoms with Gasteiger partial charge in [0.25, 0.3) is 5.69 Å². The summed E-state index contributed by atoms with van der Waals surface area (Å²) in [6, 6.07) is 4.30. The topological polar surface area (TPSA) is 63.4 Å². The number of nitrogens with zero attached hydrogens (tertiary/aromatic N) is 1. The number of hydrogen-bond donors (Lipinski definition) is 1. The molecule has 0 heterocycles. The summed E-state index contributed by atoms with van der Waals surface area (Å²) < 4.78 is 0. The average molecular weight is 212 g/mol. The van der Waals surface area contributed by atoms with Crippen molar-refractivity contribution in [2.75, 3.05) is 6.61 Å². The van der Waals surface area contributed by atoms with Crippen LogP contribution in [0.15, 0.2) is 18.2 Å². The van der Waals surface area contributed by atoms with E-state index in [1.165, 1.54) is 18.2 Å². The molecule has 1 N–H and O–H groups in total. The van der Waals surface area contributed by atoms with Crippen LogP contribution in [0.3, 0.4) is 0 Å². The van der Waals surface area contributed by atoms with E-state index in [-0.39, 0.29) is 22.9 Å². The first kappa shape index (κ1) is 10.5. The zero-order valence-corrected chi connectivity index (χ0v) is 7.78. The number of hydrogen-bond acceptors (Lipinski definition) is 3. The van der Waals surface area contributed by atoms with Gasteiger partial charge in [0.1, 0.15) is 12.2 Å². The quantitative estimate of drug-likeness (QED) is 0.436. The lowest BCUT2D eigenvalue weighted by atomic mass is 10.2. The second kappa shape index (κ2) is 4.61. The second-order valence-electron chi connectivity index (χ2n) is 2.35. The molecule has 0 aliphatic heterocycles. The van der Waals surface area contributed by atoms with Crippen LogP contribution in [0.5, 0.6) is 0 Å². The van der Waals surface area contributed by atoms with Gasteiger partial charge in [0, 0.05) is 6.07 Å². The van der Waals surface area contributed by atoms with E-state index >= 15 is 0 Å². The van der Waals surface area contributed by atoms with Crippen molar-refractivity contribution in [3.8, 4) is 11.8 Å². The van der Waals surface area contributed by atoms with Crippen molar-refractivity contribution in [2.24, 2.45) is 0 Å². The van der Waals surface area contributed by atoms with Crippen molar-refractivity contribution in [1.29, 1.82) is 0 Å². The molecule has 4 nitrogen and oxygen atoms in total. The van der Waals surface area contributed by atoms with E-state index in [4.69, 9.17) is 16.7 Å². The van der Waals surface area contributed by atoms with Crippen LogP contribution >= 0.6 is 11.6 Å². The minimum absolute atomic E-state index is 0.133. The van der Waals surface area contributed by atoms with Crippen molar-refractivity contribution in [3.63, 3.8) is 0 Å². The molecular weight excluding hydrogens is 206 g/mol. The molecule has 0 saturated heterocycles. The highest BCUT2D eigenvalue weighted by Crippen LogP contribution is 2.24. The fourth-order valence-electron chi connectivity index (χ4n) is 0.917. The number of benzene rings is 1. The maximum absolute atomic E-state index is 10.6. The van der Waals surface area contributed by atoms with E-state index in [2.05, 4.69) is 11.8 Å². The fraction of sp³-hybridized carbons (Fsp3) is 0.111. The number of nitro groups is 1. The predicted molar refractivity (Wildman–Crippen MR) is 52.1 cm³/mol. The summed E-state index contributed by atoms with van der Waals surface area (Å²) in [5.41, 5.74) is -0.0216. The van der Waals surface area contributed by atoms with Crippen LogP contribution in [0.25, 0.3) is 0 Å². The molecule has 0 fully saturated rings. The van der Waals surface area contributed by atoms with Gasteiger partial charge in [0.05, 0.1) is 9.95 Å². The number of aliphatic hydroxyl groups is 1. The first-order valence-electron chi connectivity index (χ1n) is 3.69. The highest BCUT2D eigenvalue weighted by Gasteiger charge is 2.13. The van der Waals surface area contributed by atoms with Crippen LogP contribution < -0.4 is 0 Å². The van der Waals surface area contributed by atoms with Crippen LogP contribution in [0, 0.1) is 22.0 Å². The highest BCUT2D eigenvalue weighted by molar-refractivity contribution is 6.32. The maximum atomic E-state index is 10.6. The molecule has 1 aromatic rings. The average Bonchev–Trinajstić information content (AvgIpc) is 2.15. The Morgan fingerprint density at radius 2 is 2.29 bits per heavy atom. The molecule has 0 aliphatic carbocycles. The van der Waals surface area contributed by atoms with Gasteiger partial charge in [-0.2, -0.15) is 0 Å². The molecule has 0 saturated carbocycles. The van der Waals surface area contributed by atoms with Crippen molar-refractivity contribution < 1.29 is 10.0 Å². The van der Waals surface area contributed by atoms with E-state index in [1.807, 2.05) is 0 Å². The Labute approximate surface area is 85.3 Å². The number of aliphatic hydroxyl groups excluding tert-OH is 1. The molecule has 14 heavy (non-hydrogen) atoms. The fourth-order valence-corrected chi connectivity index (χ4v) is 1.13. The lowest BCUT2D eigenvalue weighted by molar-refractivity contribution is -0.385. The van der Waals surface area contributed by atoms with Crippen LogP contribution in [0.2, 0.25) is 5.02 Å². The summed E-state index contributed by atoms with van der Waals surface area (Å²) in [6.45, 7) is -0.359. The molecule has 0 unspecified atom stereocenters. The van der Waals surface area contributed by atoms with Gasteiger partial charge in [-0.05, 0) is 6.07 Å². The van der Waals surface area contributed by atoms with E-state index in [1.54, 1.807) is 0 Å². The molecule has 72 valence electrons. The van der Waals surface area contributed by atoms with Gasteiger partial charge in [-0.15, -0.1) is 0 Å². The van der Waals surface area contributed by atoms with E-state index in [0.717, 1.165) is 0 Å². The summed E-state index contributed by atoms with van der Waals surface area (Å²) >= 11 is 5.72. The molecule has 0 bridgehead atoms. The van der Waals surface area contributed by atoms with Gasteiger partial charge in [0.15, 0.2) is 0 Å². The molecule has 1 rings (SSSR count). The van der Waals surface area contributed by atoms with Crippen molar-refractivity contribution in [2.45, 2.75) is 0 Å². The van der Waals surface area contributed by atoms with Crippen LogP contribution in [-0.2, 0) is 0 Å². The Morgan fingerprint density at radius 1 is 1.57 bits per heavy atom. The van der Waals surface area contributed by atoms with Gasteiger partial charge >= 0.3 is 0 Å². The second-order valence-corrected chi connectivity index (χ2v) is 2.76. The molecule has 0 spiro atoms.